The van der Waals surface area contributed by atoms with Crippen molar-refractivity contribution in [3.05, 3.63) is 46.7 Å². The summed E-state index contributed by atoms with van der Waals surface area (Å²) in [5.41, 5.74) is -0.143. The molecule has 1 aromatic heterocycles. The molecule has 1 atom stereocenters. The molecule has 1 saturated heterocycles. The number of likely N-dealkylation sites (tertiary alicyclic amines) is 1. The van der Waals surface area contributed by atoms with E-state index in [2.05, 4.69) is 9.88 Å². The lowest BCUT2D eigenvalue weighted by Gasteiger charge is -2.41. The maximum atomic E-state index is 14.3. The fourth-order valence-electron chi connectivity index (χ4n) is 3.83. The molecular formula is C21H28FN3O2S. The number of ether oxygens (including phenoxy) is 1. The van der Waals surface area contributed by atoms with Crippen LogP contribution >= 0.6 is 11.3 Å². The first-order valence-corrected chi connectivity index (χ1v) is 10.5. The second-order valence-corrected chi connectivity index (χ2v) is 8.68. The van der Waals surface area contributed by atoms with Gasteiger partial charge >= 0.3 is 5.97 Å². The molecule has 0 saturated carbocycles. The third kappa shape index (κ3) is 4.70. The Balaban J connectivity index is 1.80. The van der Waals surface area contributed by atoms with Crippen LogP contribution in [-0.4, -0.2) is 49.6 Å². The summed E-state index contributed by atoms with van der Waals surface area (Å²) < 4.78 is 19.7. The van der Waals surface area contributed by atoms with Crippen molar-refractivity contribution in [1.29, 1.82) is 0 Å². The molecule has 2 aromatic rings. The normalized spacial score (nSPS) is 20.1. The molecule has 2 heterocycles. The second kappa shape index (κ2) is 9.01. The first-order valence-electron chi connectivity index (χ1n) is 9.68. The molecule has 28 heavy (non-hydrogen) atoms. The highest BCUT2D eigenvalue weighted by Crippen LogP contribution is 2.37. The van der Waals surface area contributed by atoms with Gasteiger partial charge in [0.2, 0.25) is 0 Å². The Morgan fingerprint density at radius 3 is 2.86 bits per heavy atom. The van der Waals surface area contributed by atoms with Crippen molar-refractivity contribution in [2.45, 2.75) is 32.7 Å². The van der Waals surface area contributed by atoms with Crippen LogP contribution in [0.15, 0.2) is 30.5 Å². The third-order valence-corrected chi connectivity index (χ3v) is 6.30. The van der Waals surface area contributed by atoms with Gasteiger partial charge in [0.1, 0.15) is 5.82 Å². The number of hydrogen-bond acceptors (Lipinski definition) is 6. The van der Waals surface area contributed by atoms with Gasteiger partial charge in [0.05, 0.1) is 12.0 Å². The van der Waals surface area contributed by atoms with Crippen molar-refractivity contribution >= 4 is 22.4 Å². The number of hydrogen-bond donors (Lipinski definition) is 0. The van der Waals surface area contributed by atoms with E-state index in [9.17, 15) is 9.18 Å². The number of carbonyl (C=O) groups is 1. The van der Waals surface area contributed by atoms with Gasteiger partial charge in [-0.2, -0.15) is 0 Å². The maximum absolute atomic E-state index is 14.3. The molecule has 7 heteroatoms. The number of halogens is 1. The molecule has 152 valence electrons. The lowest BCUT2D eigenvalue weighted by atomic mass is 9.75. The van der Waals surface area contributed by atoms with Crippen molar-refractivity contribution in [3.8, 4) is 0 Å². The predicted octanol–water partition coefficient (Wildman–Crippen LogP) is 3.74. The Labute approximate surface area is 170 Å². The summed E-state index contributed by atoms with van der Waals surface area (Å²) in [5.74, 6) is -0.484. The van der Waals surface area contributed by atoms with Crippen molar-refractivity contribution in [3.63, 3.8) is 0 Å². The van der Waals surface area contributed by atoms with E-state index in [1.165, 1.54) is 6.07 Å². The van der Waals surface area contributed by atoms with Gasteiger partial charge in [0, 0.05) is 38.3 Å². The van der Waals surface area contributed by atoms with Crippen LogP contribution in [0.4, 0.5) is 9.52 Å². The highest BCUT2D eigenvalue weighted by molar-refractivity contribution is 7.15. The van der Waals surface area contributed by atoms with Crippen molar-refractivity contribution in [1.82, 2.24) is 9.88 Å². The van der Waals surface area contributed by atoms with Crippen LogP contribution in [0.3, 0.4) is 0 Å². The second-order valence-electron chi connectivity index (χ2n) is 7.59. The van der Waals surface area contributed by atoms with E-state index in [1.807, 2.05) is 38.2 Å². The van der Waals surface area contributed by atoms with Gasteiger partial charge in [-0.15, -0.1) is 11.3 Å². The minimum atomic E-state index is -0.717. The number of esters is 1. The molecule has 3 rings (SSSR count). The zero-order valence-corrected chi connectivity index (χ0v) is 17.6. The largest absolute Gasteiger partial charge is 0.466 e. The SMILES string of the molecule is CCOC(=O)C1(Cc2ccccc2F)CCCN(Cc2cnc(N(C)C)s2)C1. The minimum Gasteiger partial charge on any atom is -0.466 e. The van der Waals surface area contributed by atoms with E-state index < -0.39 is 5.41 Å². The van der Waals surface area contributed by atoms with E-state index in [0.29, 0.717) is 31.6 Å². The van der Waals surface area contributed by atoms with Crippen LogP contribution in [-0.2, 0) is 22.5 Å². The minimum absolute atomic E-state index is 0.221. The average Bonchev–Trinajstić information content (AvgIpc) is 3.13. The first kappa shape index (κ1) is 20.7. The van der Waals surface area contributed by atoms with Crippen molar-refractivity contribution in [2.75, 3.05) is 38.7 Å². The summed E-state index contributed by atoms with van der Waals surface area (Å²) in [7, 11) is 3.95. The zero-order valence-electron chi connectivity index (χ0n) is 16.8. The van der Waals surface area contributed by atoms with Gasteiger partial charge in [0.15, 0.2) is 5.13 Å². The van der Waals surface area contributed by atoms with Gasteiger partial charge in [-0.25, -0.2) is 9.37 Å². The number of piperidine rings is 1. The Kier molecular flexibility index (Phi) is 6.67. The molecule has 0 aliphatic carbocycles. The van der Waals surface area contributed by atoms with Gasteiger partial charge in [-0.1, -0.05) is 18.2 Å². The Hall–Kier alpha value is -1.99. The average molecular weight is 406 g/mol. The fourth-order valence-corrected chi connectivity index (χ4v) is 4.71. The van der Waals surface area contributed by atoms with Gasteiger partial charge in [-0.05, 0) is 44.4 Å². The number of rotatable bonds is 7. The van der Waals surface area contributed by atoms with E-state index in [1.54, 1.807) is 23.5 Å². The number of anilines is 1. The standard InChI is InChI=1S/C21H28FN3O2S/c1-4-27-19(26)21(12-16-8-5-6-9-18(16)22)10-7-11-25(15-21)14-17-13-23-20(28-17)24(2)3/h5-6,8-9,13H,4,7,10-12,14-15H2,1-3H3. The van der Waals surface area contributed by atoms with Crippen LogP contribution in [0.2, 0.25) is 0 Å². The molecular weight excluding hydrogens is 377 g/mol. The van der Waals surface area contributed by atoms with Crippen molar-refractivity contribution in [2.24, 2.45) is 5.41 Å². The molecule has 1 fully saturated rings. The summed E-state index contributed by atoms with van der Waals surface area (Å²) in [6.07, 6.45) is 3.85. The molecule has 0 spiro atoms. The molecule has 1 aliphatic rings. The molecule has 0 amide bonds. The van der Waals surface area contributed by atoms with Crippen LogP contribution < -0.4 is 4.90 Å². The third-order valence-electron chi connectivity index (χ3n) is 5.15. The Morgan fingerprint density at radius 1 is 1.39 bits per heavy atom. The molecule has 0 bridgehead atoms. The van der Waals surface area contributed by atoms with Crippen LogP contribution in [0, 0.1) is 11.2 Å². The molecule has 5 nitrogen and oxygen atoms in total. The number of thiazole rings is 1. The van der Waals surface area contributed by atoms with Crippen LogP contribution in [0.1, 0.15) is 30.2 Å². The van der Waals surface area contributed by atoms with Crippen LogP contribution in [0.5, 0.6) is 0 Å². The van der Waals surface area contributed by atoms with E-state index >= 15 is 0 Å². The van der Waals surface area contributed by atoms with Crippen molar-refractivity contribution < 1.29 is 13.9 Å². The predicted molar refractivity (Wildman–Crippen MR) is 110 cm³/mol. The highest BCUT2D eigenvalue weighted by Gasteiger charge is 2.44. The highest BCUT2D eigenvalue weighted by atomic mass is 32.1. The topological polar surface area (TPSA) is 45.7 Å². The lowest BCUT2D eigenvalue weighted by Crippen LogP contribution is -2.49. The van der Waals surface area contributed by atoms with E-state index in [-0.39, 0.29) is 11.8 Å². The molecule has 1 aliphatic heterocycles. The summed E-state index contributed by atoms with van der Waals surface area (Å²) in [6, 6.07) is 6.71. The Bertz CT molecular complexity index is 810. The number of carbonyl (C=O) groups excluding carboxylic acids is 1. The maximum Gasteiger partial charge on any atom is 0.313 e. The number of nitrogens with zero attached hydrogens (tertiary/aromatic N) is 3. The van der Waals surface area contributed by atoms with Crippen LogP contribution in [0.25, 0.3) is 0 Å². The summed E-state index contributed by atoms with van der Waals surface area (Å²) in [6.45, 7) is 4.36. The summed E-state index contributed by atoms with van der Waals surface area (Å²) in [5, 5.41) is 0.968. The summed E-state index contributed by atoms with van der Waals surface area (Å²) in [4.78, 5) is 22.8. The molecule has 1 unspecified atom stereocenters. The van der Waals surface area contributed by atoms with E-state index in [4.69, 9.17) is 4.74 Å². The number of aromatic nitrogens is 1. The first-order chi connectivity index (χ1) is 13.4. The lowest BCUT2D eigenvalue weighted by molar-refractivity contribution is -0.159. The monoisotopic (exact) mass is 405 g/mol. The zero-order chi connectivity index (χ0) is 20.1. The Morgan fingerprint density at radius 2 is 2.18 bits per heavy atom. The quantitative estimate of drug-likeness (QED) is 0.657. The fraction of sp³-hybridized carbons (Fsp3) is 0.524. The summed E-state index contributed by atoms with van der Waals surface area (Å²) >= 11 is 1.66. The van der Waals surface area contributed by atoms with Gasteiger partial charge in [0.25, 0.3) is 0 Å². The number of benzene rings is 1. The van der Waals surface area contributed by atoms with E-state index in [0.717, 1.165) is 29.5 Å². The molecule has 0 N–H and O–H groups in total. The van der Waals surface area contributed by atoms with Gasteiger partial charge < -0.3 is 9.64 Å². The van der Waals surface area contributed by atoms with Gasteiger partial charge in [-0.3, -0.25) is 9.69 Å². The molecule has 1 aromatic carbocycles. The molecule has 0 radical (unpaired) electrons. The smallest absolute Gasteiger partial charge is 0.313 e.